The Bertz CT molecular complexity index is 776. The van der Waals surface area contributed by atoms with Crippen LogP contribution in [0.25, 0.3) is 22.0 Å². The van der Waals surface area contributed by atoms with Crippen molar-refractivity contribution in [2.24, 2.45) is 0 Å². The van der Waals surface area contributed by atoms with E-state index in [2.05, 4.69) is 4.98 Å². The van der Waals surface area contributed by atoms with Gasteiger partial charge in [0.25, 0.3) is 5.56 Å². The Morgan fingerprint density at radius 1 is 1.11 bits per heavy atom. The van der Waals surface area contributed by atoms with Crippen molar-refractivity contribution in [1.82, 2.24) is 9.55 Å². The molecule has 3 aromatic rings. The first kappa shape index (κ1) is 11.7. The number of hydrogen-bond acceptors (Lipinski definition) is 2. The largest absolute Gasteiger partial charge is 0.315 e. The van der Waals surface area contributed by atoms with E-state index in [0.717, 1.165) is 16.6 Å². The summed E-state index contributed by atoms with van der Waals surface area (Å²) < 4.78 is 1.73. The minimum Gasteiger partial charge on any atom is -0.315 e. The lowest BCUT2D eigenvalue weighted by Crippen LogP contribution is -2.19. The van der Waals surface area contributed by atoms with Gasteiger partial charge in [0.15, 0.2) is 0 Å². The summed E-state index contributed by atoms with van der Waals surface area (Å²) in [5.41, 5.74) is 2.86. The van der Waals surface area contributed by atoms with Gasteiger partial charge in [-0.25, -0.2) is 0 Å². The molecule has 94 valence electrons. The highest BCUT2D eigenvalue weighted by atomic mass is 16.1. The summed E-state index contributed by atoms with van der Waals surface area (Å²) in [7, 11) is 0. The van der Waals surface area contributed by atoms with Crippen LogP contribution < -0.4 is 5.56 Å². The second-order valence-electron chi connectivity index (χ2n) is 4.40. The van der Waals surface area contributed by atoms with Crippen LogP contribution in [-0.2, 0) is 6.54 Å². The first-order valence-electron chi connectivity index (χ1n) is 6.35. The van der Waals surface area contributed by atoms with Gasteiger partial charge in [0.1, 0.15) is 0 Å². The van der Waals surface area contributed by atoms with Crippen LogP contribution in [0.15, 0.2) is 59.7 Å². The fourth-order valence-corrected chi connectivity index (χ4v) is 2.29. The third-order valence-corrected chi connectivity index (χ3v) is 3.26. The van der Waals surface area contributed by atoms with E-state index < -0.39 is 0 Å². The van der Waals surface area contributed by atoms with Crippen molar-refractivity contribution in [3.05, 3.63) is 65.2 Å². The summed E-state index contributed by atoms with van der Waals surface area (Å²) in [6.45, 7) is 2.63. The summed E-state index contributed by atoms with van der Waals surface area (Å²) in [5, 5.41) is 0.672. The van der Waals surface area contributed by atoms with Crippen LogP contribution in [0.1, 0.15) is 6.92 Å². The third kappa shape index (κ3) is 1.93. The van der Waals surface area contributed by atoms with E-state index in [1.165, 1.54) is 0 Å². The van der Waals surface area contributed by atoms with Gasteiger partial charge in [0.05, 0.1) is 10.9 Å². The van der Waals surface area contributed by atoms with E-state index in [1.807, 2.05) is 49.5 Å². The molecule has 0 aliphatic rings. The smallest absolute Gasteiger partial charge is 0.260 e. The lowest BCUT2D eigenvalue weighted by molar-refractivity contribution is 0.735. The van der Waals surface area contributed by atoms with Gasteiger partial charge in [-0.2, -0.15) is 0 Å². The van der Waals surface area contributed by atoms with Crippen molar-refractivity contribution in [2.45, 2.75) is 13.5 Å². The molecule has 0 saturated carbocycles. The SMILES string of the molecule is CCn1cc(-c2ccccc2)c2ncccc2c1=O. The van der Waals surface area contributed by atoms with E-state index >= 15 is 0 Å². The molecule has 1 aromatic carbocycles. The molecule has 2 aromatic heterocycles. The standard InChI is InChI=1S/C16H14N2O/c1-2-18-11-14(12-7-4-3-5-8-12)15-13(16(18)19)9-6-10-17-15/h3-11H,2H2,1H3. The molecule has 2 heterocycles. The molecule has 0 bridgehead atoms. The Labute approximate surface area is 111 Å². The molecule has 3 heteroatoms. The lowest BCUT2D eigenvalue weighted by Gasteiger charge is -2.10. The summed E-state index contributed by atoms with van der Waals surface area (Å²) in [5.74, 6) is 0. The monoisotopic (exact) mass is 250 g/mol. The van der Waals surface area contributed by atoms with Crippen molar-refractivity contribution in [2.75, 3.05) is 0 Å². The predicted octanol–water partition coefficient (Wildman–Crippen LogP) is 3.08. The van der Waals surface area contributed by atoms with Crippen LogP contribution >= 0.6 is 0 Å². The quantitative estimate of drug-likeness (QED) is 0.700. The fraction of sp³-hybridized carbons (Fsp3) is 0.125. The van der Waals surface area contributed by atoms with Gasteiger partial charge in [0.2, 0.25) is 0 Å². The molecule has 0 fully saturated rings. The first-order chi connectivity index (χ1) is 9.31. The van der Waals surface area contributed by atoms with Crippen molar-refractivity contribution >= 4 is 10.9 Å². The molecule has 3 nitrogen and oxygen atoms in total. The molecule has 0 atom stereocenters. The van der Waals surface area contributed by atoms with E-state index in [4.69, 9.17) is 0 Å². The molecule has 0 aliphatic carbocycles. The molecular weight excluding hydrogens is 236 g/mol. The highest BCUT2D eigenvalue weighted by Crippen LogP contribution is 2.24. The molecule has 0 aliphatic heterocycles. The van der Waals surface area contributed by atoms with Crippen molar-refractivity contribution in [1.29, 1.82) is 0 Å². The maximum Gasteiger partial charge on any atom is 0.260 e. The molecule has 0 N–H and O–H groups in total. The molecule has 0 unspecified atom stereocenters. The number of hydrogen-bond donors (Lipinski definition) is 0. The highest BCUT2D eigenvalue weighted by molar-refractivity contribution is 5.92. The van der Waals surface area contributed by atoms with Crippen LogP contribution in [0.4, 0.5) is 0 Å². The van der Waals surface area contributed by atoms with Crippen molar-refractivity contribution in [3.63, 3.8) is 0 Å². The summed E-state index contributed by atoms with van der Waals surface area (Å²) in [6.07, 6.45) is 3.62. The number of benzene rings is 1. The Balaban J connectivity index is 2.42. The number of aromatic nitrogens is 2. The Morgan fingerprint density at radius 2 is 1.89 bits per heavy atom. The molecule has 0 radical (unpaired) electrons. The van der Waals surface area contributed by atoms with Crippen LogP contribution in [0.3, 0.4) is 0 Å². The Kier molecular flexibility index (Phi) is 2.88. The van der Waals surface area contributed by atoms with Gasteiger partial charge in [-0.1, -0.05) is 30.3 Å². The number of aryl methyl sites for hydroxylation is 1. The zero-order valence-electron chi connectivity index (χ0n) is 10.7. The first-order valence-corrected chi connectivity index (χ1v) is 6.35. The van der Waals surface area contributed by atoms with Gasteiger partial charge in [0, 0.05) is 24.5 Å². The maximum atomic E-state index is 12.3. The van der Waals surface area contributed by atoms with E-state index in [-0.39, 0.29) is 5.56 Å². The Hall–Kier alpha value is -2.42. The second kappa shape index (κ2) is 4.69. The van der Waals surface area contributed by atoms with Crippen LogP contribution in [0, 0.1) is 0 Å². The van der Waals surface area contributed by atoms with Crippen LogP contribution in [0.5, 0.6) is 0 Å². The number of fused-ring (bicyclic) bond motifs is 1. The molecular formula is C16H14N2O. The molecule has 0 spiro atoms. The third-order valence-electron chi connectivity index (χ3n) is 3.26. The fourth-order valence-electron chi connectivity index (χ4n) is 2.29. The zero-order valence-corrected chi connectivity index (χ0v) is 10.7. The van der Waals surface area contributed by atoms with Crippen molar-refractivity contribution < 1.29 is 0 Å². The minimum absolute atomic E-state index is 0.0188. The number of pyridine rings is 2. The van der Waals surface area contributed by atoms with Gasteiger partial charge in [-0.3, -0.25) is 9.78 Å². The van der Waals surface area contributed by atoms with E-state index in [0.29, 0.717) is 11.9 Å². The average molecular weight is 250 g/mol. The number of rotatable bonds is 2. The highest BCUT2D eigenvalue weighted by Gasteiger charge is 2.10. The maximum absolute atomic E-state index is 12.3. The minimum atomic E-state index is 0.0188. The average Bonchev–Trinajstić information content (AvgIpc) is 2.49. The summed E-state index contributed by atoms with van der Waals surface area (Å²) >= 11 is 0. The Morgan fingerprint density at radius 3 is 2.63 bits per heavy atom. The zero-order chi connectivity index (χ0) is 13.2. The van der Waals surface area contributed by atoms with Gasteiger partial charge in [-0.15, -0.1) is 0 Å². The molecule has 19 heavy (non-hydrogen) atoms. The van der Waals surface area contributed by atoms with Crippen molar-refractivity contribution in [3.8, 4) is 11.1 Å². The molecule has 3 rings (SSSR count). The topological polar surface area (TPSA) is 34.9 Å². The van der Waals surface area contributed by atoms with E-state index in [1.54, 1.807) is 16.8 Å². The summed E-state index contributed by atoms with van der Waals surface area (Å²) in [4.78, 5) is 16.6. The predicted molar refractivity (Wildman–Crippen MR) is 77.1 cm³/mol. The van der Waals surface area contributed by atoms with Crippen LogP contribution in [-0.4, -0.2) is 9.55 Å². The molecule has 0 amide bonds. The van der Waals surface area contributed by atoms with Gasteiger partial charge in [-0.05, 0) is 24.6 Å². The summed E-state index contributed by atoms with van der Waals surface area (Å²) in [6, 6.07) is 13.7. The second-order valence-corrected chi connectivity index (χ2v) is 4.40. The lowest BCUT2D eigenvalue weighted by atomic mass is 10.0. The molecule has 0 saturated heterocycles. The number of nitrogens with zero attached hydrogens (tertiary/aromatic N) is 2. The van der Waals surface area contributed by atoms with E-state index in [9.17, 15) is 4.79 Å². The normalized spacial score (nSPS) is 10.8. The van der Waals surface area contributed by atoms with Gasteiger partial charge >= 0.3 is 0 Å². The van der Waals surface area contributed by atoms with Gasteiger partial charge < -0.3 is 4.57 Å². The van der Waals surface area contributed by atoms with Crippen LogP contribution in [0.2, 0.25) is 0 Å².